The van der Waals surface area contributed by atoms with Gasteiger partial charge in [0.1, 0.15) is 17.4 Å². The second kappa shape index (κ2) is 7.64. The van der Waals surface area contributed by atoms with Gasteiger partial charge >= 0.3 is 0 Å². The second-order valence-electron chi connectivity index (χ2n) is 4.81. The van der Waals surface area contributed by atoms with Crippen molar-refractivity contribution in [3.63, 3.8) is 0 Å². The van der Waals surface area contributed by atoms with Crippen LogP contribution in [-0.2, 0) is 4.79 Å². The first-order valence-corrected chi connectivity index (χ1v) is 7.89. The van der Waals surface area contributed by atoms with Crippen molar-refractivity contribution in [3.05, 3.63) is 29.8 Å². The van der Waals surface area contributed by atoms with E-state index >= 15 is 0 Å². The Bertz CT molecular complexity index is 761. The van der Waals surface area contributed by atoms with E-state index in [1.807, 2.05) is 0 Å². The summed E-state index contributed by atoms with van der Waals surface area (Å²) in [7, 11) is 1.47. The van der Waals surface area contributed by atoms with Crippen molar-refractivity contribution in [1.82, 2.24) is 9.97 Å². The normalized spacial score (nSPS) is 10.2. The van der Waals surface area contributed by atoms with E-state index < -0.39 is 0 Å². The van der Waals surface area contributed by atoms with E-state index in [1.54, 1.807) is 18.2 Å². The number of hydrogen-bond donors (Lipinski definition) is 3. The van der Waals surface area contributed by atoms with Crippen LogP contribution in [0.25, 0.3) is 0 Å². The maximum atomic E-state index is 12.3. The molecule has 0 saturated carbocycles. The average molecular weight is 347 g/mol. The molecule has 5 N–H and O–H groups in total. The zero-order valence-electron chi connectivity index (χ0n) is 13.2. The molecule has 0 radical (unpaired) electrons. The Hall–Kier alpha value is -2.81. The van der Waals surface area contributed by atoms with Crippen molar-refractivity contribution in [2.45, 2.75) is 12.1 Å². The second-order valence-corrected chi connectivity index (χ2v) is 5.75. The number of nitrogens with one attached hydrogen (secondary N) is 1. The number of anilines is 3. The number of nitrogens with two attached hydrogens (primary N) is 2. The van der Waals surface area contributed by atoms with Crippen LogP contribution in [0.1, 0.15) is 17.3 Å². The molecule has 2 rings (SSSR count). The average Bonchev–Trinajstić information content (AvgIpc) is 2.51. The Morgan fingerprint density at radius 2 is 1.88 bits per heavy atom. The van der Waals surface area contributed by atoms with Gasteiger partial charge in [-0.15, -0.1) is 0 Å². The fourth-order valence-electron chi connectivity index (χ4n) is 1.90. The van der Waals surface area contributed by atoms with Crippen molar-refractivity contribution in [3.8, 4) is 5.75 Å². The molecule has 24 heavy (non-hydrogen) atoms. The molecule has 0 unspecified atom stereocenters. The SMILES string of the molecule is COc1cc(C(=O)CSc2nc(N)cc(N)n2)ccc1NC(C)=O. The van der Waals surface area contributed by atoms with Crippen molar-refractivity contribution >= 4 is 40.8 Å². The quantitative estimate of drug-likeness (QED) is 0.407. The first-order valence-electron chi connectivity index (χ1n) is 6.90. The Morgan fingerprint density at radius 1 is 1.21 bits per heavy atom. The highest BCUT2D eigenvalue weighted by atomic mass is 32.2. The summed E-state index contributed by atoms with van der Waals surface area (Å²) >= 11 is 1.14. The molecule has 0 aliphatic rings. The smallest absolute Gasteiger partial charge is 0.221 e. The molecule has 8 nitrogen and oxygen atoms in total. The van der Waals surface area contributed by atoms with Gasteiger partial charge in [-0.1, -0.05) is 11.8 Å². The predicted octanol–water partition coefficient (Wildman–Crippen LogP) is 1.58. The number of hydrogen-bond acceptors (Lipinski definition) is 8. The number of thioether (sulfide) groups is 1. The van der Waals surface area contributed by atoms with E-state index in [4.69, 9.17) is 16.2 Å². The number of nitrogen functional groups attached to an aromatic ring is 2. The summed E-state index contributed by atoms with van der Waals surface area (Å²) in [4.78, 5) is 31.5. The number of ketones is 1. The Balaban J connectivity index is 2.10. The first kappa shape index (κ1) is 17.5. The number of amides is 1. The molecule has 0 fully saturated rings. The lowest BCUT2D eigenvalue weighted by Crippen LogP contribution is -2.09. The Labute approximate surface area is 143 Å². The summed E-state index contributed by atoms with van der Waals surface area (Å²) in [5, 5.41) is 2.97. The molecule has 0 saturated heterocycles. The summed E-state index contributed by atoms with van der Waals surface area (Å²) in [5.74, 6) is 0.658. The van der Waals surface area contributed by atoms with Gasteiger partial charge < -0.3 is 21.5 Å². The van der Waals surface area contributed by atoms with Gasteiger partial charge in [-0.2, -0.15) is 0 Å². The van der Waals surface area contributed by atoms with E-state index in [0.717, 1.165) is 11.8 Å². The van der Waals surface area contributed by atoms with Crippen LogP contribution in [0.4, 0.5) is 17.3 Å². The van der Waals surface area contributed by atoms with Crippen molar-refractivity contribution in [1.29, 1.82) is 0 Å². The topological polar surface area (TPSA) is 133 Å². The Kier molecular flexibility index (Phi) is 5.59. The molecular formula is C15H17N5O3S. The van der Waals surface area contributed by atoms with Crippen molar-refractivity contribution in [2.75, 3.05) is 29.6 Å². The number of carbonyl (C=O) groups is 2. The molecular weight excluding hydrogens is 330 g/mol. The largest absolute Gasteiger partial charge is 0.495 e. The molecule has 0 bridgehead atoms. The Morgan fingerprint density at radius 3 is 2.46 bits per heavy atom. The summed E-state index contributed by atoms with van der Waals surface area (Å²) in [6, 6.07) is 6.25. The molecule has 2 aromatic rings. The van der Waals surface area contributed by atoms with E-state index in [-0.39, 0.29) is 29.1 Å². The van der Waals surface area contributed by atoms with Gasteiger partial charge in [0.25, 0.3) is 0 Å². The summed E-state index contributed by atoms with van der Waals surface area (Å²) in [5.41, 5.74) is 12.1. The van der Waals surface area contributed by atoms with Crippen LogP contribution in [0.3, 0.4) is 0 Å². The first-order chi connectivity index (χ1) is 11.4. The highest BCUT2D eigenvalue weighted by Crippen LogP contribution is 2.27. The fraction of sp³-hybridized carbons (Fsp3) is 0.200. The molecule has 1 amide bonds. The van der Waals surface area contributed by atoms with Gasteiger partial charge in [0.2, 0.25) is 5.91 Å². The van der Waals surface area contributed by atoms with Gasteiger partial charge in [0.05, 0.1) is 18.6 Å². The maximum absolute atomic E-state index is 12.3. The molecule has 9 heteroatoms. The minimum atomic E-state index is -0.223. The molecule has 126 valence electrons. The monoisotopic (exact) mass is 347 g/mol. The minimum absolute atomic E-state index is 0.117. The lowest BCUT2D eigenvalue weighted by atomic mass is 10.1. The summed E-state index contributed by atoms with van der Waals surface area (Å²) in [6.45, 7) is 1.40. The summed E-state index contributed by atoms with van der Waals surface area (Å²) < 4.78 is 5.20. The molecule has 0 atom stereocenters. The number of ether oxygens (including phenoxy) is 1. The highest BCUT2D eigenvalue weighted by Gasteiger charge is 2.13. The molecule has 1 aromatic carbocycles. The fourth-order valence-corrected chi connectivity index (χ4v) is 2.66. The maximum Gasteiger partial charge on any atom is 0.221 e. The van der Waals surface area contributed by atoms with E-state index in [1.165, 1.54) is 20.1 Å². The minimum Gasteiger partial charge on any atom is -0.495 e. The van der Waals surface area contributed by atoms with Crippen LogP contribution in [0, 0.1) is 0 Å². The van der Waals surface area contributed by atoms with E-state index in [0.29, 0.717) is 22.2 Å². The third-order valence-corrected chi connectivity index (χ3v) is 3.76. The number of carbonyl (C=O) groups excluding carboxylic acids is 2. The predicted molar refractivity (Wildman–Crippen MR) is 93.2 cm³/mol. The number of methoxy groups -OCH3 is 1. The van der Waals surface area contributed by atoms with Crippen LogP contribution < -0.4 is 21.5 Å². The summed E-state index contributed by atoms with van der Waals surface area (Å²) in [6.07, 6.45) is 0. The lowest BCUT2D eigenvalue weighted by Gasteiger charge is -2.10. The molecule has 0 spiro atoms. The zero-order valence-corrected chi connectivity index (χ0v) is 14.0. The van der Waals surface area contributed by atoms with Gasteiger partial charge in [-0.05, 0) is 18.2 Å². The van der Waals surface area contributed by atoms with Gasteiger partial charge in [0.15, 0.2) is 10.9 Å². The van der Waals surface area contributed by atoms with Crippen LogP contribution >= 0.6 is 11.8 Å². The number of aromatic nitrogens is 2. The van der Waals surface area contributed by atoms with Gasteiger partial charge in [-0.3, -0.25) is 9.59 Å². The molecule has 0 aliphatic carbocycles. The molecule has 1 aromatic heterocycles. The van der Waals surface area contributed by atoms with Crippen molar-refractivity contribution in [2.24, 2.45) is 0 Å². The number of nitrogens with zero attached hydrogens (tertiary/aromatic N) is 2. The number of benzene rings is 1. The van der Waals surface area contributed by atoms with Gasteiger partial charge in [-0.25, -0.2) is 9.97 Å². The number of rotatable bonds is 6. The van der Waals surface area contributed by atoms with Crippen LogP contribution in [0.2, 0.25) is 0 Å². The van der Waals surface area contributed by atoms with E-state index in [9.17, 15) is 9.59 Å². The van der Waals surface area contributed by atoms with Gasteiger partial charge in [0, 0.05) is 18.6 Å². The van der Waals surface area contributed by atoms with Crippen LogP contribution in [0.5, 0.6) is 5.75 Å². The molecule has 1 heterocycles. The third kappa shape index (κ3) is 4.59. The lowest BCUT2D eigenvalue weighted by molar-refractivity contribution is -0.114. The van der Waals surface area contributed by atoms with Crippen LogP contribution in [-0.4, -0.2) is 34.5 Å². The standard InChI is InChI=1S/C15H17N5O3S/c1-8(21)18-10-4-3-9(5-12(10)23-2)11(22)7-24-15-19-13(16)6-14(17)20-15/h3-6H,7H2,1-2H3,(H,18,21)(H4,16,17,19,20). The van der Waals surface area contributed by atoms with Crippen LogP contribution in [0.15, 0.2) is 29.4 Å². The zero-order chi connectivity index (χ0) is 17.7. The van der Waals surface area contributed by atoms with E-state index in [2.05, 4.69) is 15.3 Å². The third-order valence-electron chi connectivity index (χ3n) is 2.91. The molecule has 0 aliphatic heterocycles. The highest BCUT2D eigenvalue weighted by molar-refractivity contribution is 7.99. The number of Topliss-reactive ketones (excluding diaryl/α,β-unsaturated/α-hetero) is 1. The van der Waals surface area contributed by atoms with Crippen molar-refractivity contribution < 1.29 is 14.3 Å².